The van der Waals surface area contributed by atoms with E-state index in [1.54, 1.807) is 0 Å². The number of benzene rings is 1. The smallest absolute Gasteiger partial charge is 0.206 e. The largest absolute Gasteiger partial charge is 0.380 e. The minimum atomic E-state index is 0.719. The Morgan fingerprint density at radius 2 is 1.83 bits per heavy atom. The van der Waals surface area contributed by atoms with E-state index in [1.807, 2.05) is 24.0 Å². The van der Waals surface area contributed by atoms with Crippen LogP contribution in [-0.2, 0) is 17.8 Å². The molecule has 4 rings (SSSR count). The lowest BCUT2D eigenvalue weighted by molar-refractivity contribution is 0.140. The van der Waals surface area contributed by atoms with Crippen LogP contribution >= 0.6 is 15.9 Å². The SMILES string of the molecule is CCOCCn1c(N2CCN(CCCCn3cc(Br)cn3)CC2)nc2ccccc21. The van der Waals surface area contributed by atoms with Crippen LogP contribution in [0.4, 0.5) is 5.95 Å². The van der Waals surface area contributed by atoms with Crippen LogP contribution in [0.15, 0.2) is 41.1 Å². The third-order valence-corrected chi connectivity index (χ3v) is 6.08. The highest BCUT2D eigenvalue weighted by atomic mass is 79.9. The molecule has 1 aromatic carbocycles. The highest BCUT2D eigenvalue weighted by Gasteiger charge is 2.22. The standard InChI is InChI=1S/C22H31BrN6O/c1-2-30-16-15-29-21-8-4-3-7-20(21)25-22(29)27-13-11-26(12-14-27)9-5-6-10-28-18-19(23)17-24-28/h3-4,7-8,17-18H,2,5-6,9-16H2,1H3. The van der Waals surface area contributed by atoms with Gasteiger partial charge >= 0.3 is 0 Å². The van der Waals surface area contributed by atoms with Crippen molar-refractivity contribution in [1.82, 2.24) is 24.2 Å². The Hall–Kier alpha value is -1.90. The van der Waals surface area contributed by atoms with Crippen molar-refractivity contribution in [3.8, 4) is 0 Å². The topological polar surface area (TPSA) is 51.4 Å². The van der Waals surface area contributed by atoms with Crippen molar-refractivity contribution < 1.29 is 4.74 Å². The first-order chi connectivity index (χ1) is 14.7. The molecule has 3 aromatic rings. The first-order valence-corrected chi connectivity index (χ1v) is 11.7. The van der Waals surface area contributed by atoms with Crippen molar-refractivity contribution in [2.75, 3.05) is 50.8 Å². The molecule has 0 saturated carbocycles. The van der Waals surface area contributed by atoms with E-state index in [9.17, 15) is 0 Å². The van der Waals surface area contributed by atoms with Gasteiger partial charge in [0.15, 0.2) is 0 Å². The maximum Gasteiger partial charge on any atom is 0.206 e. The number of aromatic nitrogens is 4. The third kappa shape index (κ3) is 5.22. The van der Waals surface area contributed by atoms with E-state index in [1.165, 1.54) is 11.9 Å². The molecule has 1 aliphatic heterocycles. The number of nitrogens with zero attached hydrogens (tertiary/aromatic N) is 6. The number of fused-ring (bicyclic) bond motifs is 1. The quantitative estimate of drug-likeness (QED) is 0.419. The minimum Gasteiger partial charge on any atom is -0.380 e. The molecule has 0 bridgehead atoms. The lowest BCUT2D eigenvalue weighted by Crippen LogP contribution is -2.47. The second-order valence-electron chi connectivity index (χ2n) is 7.71. The highest BCUT2D eigenvalue weighted by Crippen LogP contribution is 2.23. The summed E-state index contributed by atoms with van der Waals surface area (Å²) in [6, 6.07) is 8.41. The molecule has 1 aliphatic rings. The molecule has 0 radical (unpaired) electrons. The van der Waals surface area contributed by atoms with Crippen LogP contribution in [0.2, 0.25) is 0 Å². The fourth-order valence-electron chi connectivity index (χ4n) is 4.07. The fraction of sp³-hybridized carbons (Fsp3) is 0.545. The summed E-state index contributed by atoms with van der Waals surface area (Å²) >= 11 is 3.45. The first kappa shape index (κ1) is 21.3. The summed E-state index contributed by atoms with van der Waals surface area (Å²) in [5, 5.41) is 4.33. The molecule has 1 fully saturated rings. The number of ether oxygens (including phenoxy) is 1. The molecular formula is C22H31BrN6O. The number of piperazine rings is 1. The van der Waals surface area contributed by atoms with Gasteiger partial charge in [-0.15, -0.1) is 0 Å². The molecule has 0 aliphatic carbocycles. The van der Waals surface area contributed by atoms with Crippen LogP contribution in [0.1, 0.15) is 19.8 Å². The maximum atomic E-state index is 5.62. The Labute approximate surface area is 186 Å². The molecule has 1 saturated heterocycles. The summed E-state index contributed by atoms with van der Waals surface area (Å²) in [5.74, 6) is 1.08. The lowest BCUT2D eigenvalue weighted by Gasteiger charge is -2.35. The molecule has 3 heterocycles. The maximum absolute atomic E-state index is 5.62. The molecular weight excluding hydrogens is 444 g/mol. The Morgan fingerprint density at radius 1 is 1.03 bits per heavy atom. The predicted molar refractivity (Wildman–Crippen MR) is 124 cm³/mol. The van der Waals surface area contributed by atoms with Gasteiger partial charge in [-0.25, -0.2) is 4.98 Å². The van der Waals surface area contributed by atoms with Gasteiger partial charge in [0.05, 0.1) is 28.3 Å². The van der Waals surface area contributed by atoms with Crippen LogP contribution in [0.3, 0.4) is 0 Å². The average Bonchev–Trinajstić information content (AvgIpc) is 3.35. The van der Waals surface area contributed by atoms with E-state index in [-0.39, 0.29) is 0 Å². The van der Waals surface area contributed by atoms with Gasteiger partial charge in [-0.2, -0.15) is 5.10 Å². The zero-order valence-corrected chi connectivity index (χ0v) is 19.3. The van der Waals surface area contributed by atoms with Crippen LogP contribution < -0.4 is 4.90 Å². The minimum absolute atomic E-state index is 0.719. The van der Waals surface area contributed by atoms with Gasteiger partial charge in [0.25, 0.3) is 0 Å². The van der Waals surface area contributed by atoms with Gasteiger partial charge < -0.3 is 14.2 Å². The molecule has 0 unspecified atom stereocenters. The summed E-state index contributed by atoms with van der Waals surface area (Å²) in [6.45, 7) is 10.7. The highest BCUT2D eigenvalue weighted by molar-refractivity contribution is 9.10. The van der Waals surface area contributed by atoms with E-state index in [0.717, 1.165) is 81.4 Å². The van der Waals surface area contributed by atoms with Crippen LogP contribution in [0, 0.1) is 0 Å². The van der Waals surface area contributed by atoms with Crippen molar-refractivity contribution in [2.24, 2.45) is 0 Å². The van der Waals surface area contributed by atoms with Gasteiger partial charge in [-0.1, -0.05) is 12.1 Å². The van der Waals surface area contributed by atoms with Crippen molar-refractivity contribution >= 4 is 32.9 Å². The fourth-order valence-corrected chi connectivity index (χ4v) is 4.39. The van der Waals surface area contributed by atoms with E-state index in [2.05, 4.69) is 59.7 Å². The summed E-state index contributed by atoms with van der Waals surface area (Å²) in [6.07, 6.45) is 6.24. The molecule has 0 N–H and O–H groups in total. The van der Waals surface area contributed by atoms with Gasteiger partial charge in [0, 0.05) is 52.1 Å². The van der Waals surface area contributed by atoms with Crippen LogP contribution in [0.25, 0.3) is 11.0 Å². The molecule has 7 nitrogen and oxygen atoms in total. The molecule has 162 valence electrons. The third-order valence-electron chi connectivity index (χ3n) is 5.67. The number of aryl methyl sites for hydroxylation is 1. The molecule has 0 spiro atoms. The van der Waals surface area contributed by atoms with Gasteiger partial charge in [0.2, 0.25) is 5.95 Å². The van der Waals surface area contributed by atoms with Crippen molar-refractivity contribution in [3.05, 3.63) is 41.1 Å². The van der Waals surface area contributed by atoms with E-state index in [0.29, 0.717) is 0 Å². The second kappa shape index (κ2) is 10.4. The van der Waals surface area contributed by atoms with Gasteiger partial charge in [-0.3, -0.25) is 9.58 Å². The van der Waals surface area contributed by atoms with E-state index >= 15 is 0 Å². The Kier molecular flexibility index (Phi) is 7.41. The normalized spacial score (nSPS) is 15.3. The lowest BCUT2D eigenvalue weighted by atomic mass is 10.2. The van der Waals surface area contributed by atoms with E-state index < -0.39 is 0 Å². The predicted octanol–water partition coefficient (Wildman–Crippen LogP) is 3.63. The number of anilines is 1. The Balaban J connectivity index is 1.30. The van der Waals surface area contributed by atoms with Crippen LogP contribution in [-0.4, -0.2) is 70.2 Å². The Bertz CT molecular complexity index is 931. The molecule has 0 atom stereocenters. The van der Waals surface area contributed by atoms with Gasteiger partial charge in [-0.05, 0) is 54.4 Å². The molecule has 0 amide bonds. The van der Waals surface area contributed by atoms with Crippen molar-refractivity contribution in [2.45, 2.75) is 32.9 Å². The number of unbranched alkanes of at least 4 members (excludes halogenated alkanes) is 1. The average molecular weight is 475 g/mol. The Morgan fingerprint density at radius 3 is 2.60 bits per heavy atom. The summed E-state index contributed by atoms with van der Waals surface area (Å²) in [5.41, 5.74) is 2.26. The number of halogens is 1. The first-order valence-electron chi connectivity index (χ1n) is 10.9. The van der Waals surface area contributed by atoms with Crippen molar-refractivity contribution in [1.29, 1.82) is 0 Å². The number of imidazole rings is 1. The van der Waals surface area contributed by atoms with Gasteiger partial charge in [0.1, 0.15) is 0 Å². The number of para-hydroxylation sites is 2. The molecule has 30 heavy (non-hydrogen) atoms. The van der Waals surface area contributed by atoms with Crippen molar-refractivity contribution in [3.63, 3.8) is 0 Å². The molecule has 8 heteroatoms. The molecule has 2 aromatic heterocycles. The zero-order valence-electron chi connectivity index (χ0n) is 17.7. The monoisotopic (exact) mass is 474 g/mol. The summed E-state index contributed by atoms with van der Waals surface area (Å²) in [7, 11) is 0. The summed E-state index contributed by atoms with van der Waals surface area (Å²) < 4.78 is 11.0. The van der Waals surface area contributed by atoms with Crippen LogP contribution in [0.5, 0.6) is 0 Å². The number of hydrogen-bond donors (Lipinski definition) is 0. The number of rotatable bonds is 10. The number of hydrogen-bond acceptors (Lipinski definition) is 5. The summed E-state index contributed by atoms with van der Waals surface area (Å²) in [4.78, 5) is 9.96. The zero-order chi connectivity index (χ0) is 20.8. The van der Waals surface area contributed by atoms with E-state index in [4.69, 9.17) is 9.72 Å². The second-order valence-corrected chi connectivity index (χ2v) is 8.62.